The zero-order valence-corrected chi connectivity index (χ0v) is 26.1. The number of benzene rings is 3. The number of nitrogens with zero attached hydrogens (tertiary/aromatic N) is 5. The first-order valence-electron chi connectivity index (χ1n) is 16.0. The molecule has 6 aromatic rings. The van der Waals surface area contributed by atoms with Gasteiger partial charge < -0.3 is 29.2 Å². The lowest BCUT2D eigenvalue weighted by Crippen LogP contribution is -2.50. The van der Waals surface area contributed by atoms with Crippen molar-refractivity contribution in [1.82, 2.24) is 24.0 Å². The summed E-state index contributed by atoms with van der Waals surface area (Å²) in [5.74, 6) is 1.82. The van der Waals surface area contributed by atoms with Crippen LogP contribution in [-0.4, -0.2) is 68.9 Å². The van der Waals surface area contributed by atoms with Crippen molar-refractivity contribution >= 4 is 27.8 Å². The van der Waals surface area contributed by atoms with Crippen LogP contribution in [0.25, 0.3) is 44.6 Å². The fourth-order valence-corrected chi connectivity index (χ4v) is 7.06. The number of methoxy groups -OCH3 is 1. The average molecular weight is 631 g/mol. The average Bonchev–Trinajstić information content (AvgIpc) is 3.63. The summed E-state index contributed by atoms with van der Waals surface area (Å²) >= 11 is 0. The van der Waals surface area contributed by atoms with E-state index >= 15 is 0 Å². The number of aryl methyl sites for hydroxylation is 1. The molecule has 2 atom stereocenters. The smallest absolute Gasteiger partial charge is 0.254 e. The van der Waals surface area contributed by atoms with Crippen molar-refractivity contribution in [2.24, 2.45) is 5.73 Å². The first kappa shape index (κ1) is 29.2. The number of likely N-dealkylation sites (tertiary alicyclic amines) is 1. The summed E-state index contributed by atoms with van der Waals surface area (Å²) in [7, 11) is 1.60. The summed E-state index contributed by atoms with van der Waals surface area (Å²) in [5.41, 5.74) is 12.9. The normalized spacial score (nSPS) is 18.1. The third-order valence-electron chi connectivity index (χ3n) is 9.18. The Balaban J connectivity index is 1.34. The zero-order valence-electron chi connectivity index (χ0n) is 26.1. The molecular formula is C37H35FN6O3. The van der Waals surface area contributed by atoms with Crippen molar-refractivity contribution in [1.29, 1.82) is 0 Å². The molecule has 0 radical (unpaired) electrons. The highest BCUT2D eigenvalue weighted by Gasteiger charge is 2.30. The first-order chi connectivity index (χ1) is 23.0. The van der Waals surface area contributed by atoms with Gasteiger partial charge in [-0.05, 0) is 60.4 Å². The van der Waals surface area contributed by atoms with Gasteiger partial charge in [0.2, 0.25) is 0 Å². The van der Waals surface area contributed by atoms with Gasteiger partial charge in [-0.3, -0.25) is 9.78 Å². The van der Waals surface area contributed by atoms with Gasteiger partial charge >= 0.3 is 0 Å². The number of carbonyl (C=O) groups is 1. The van der Waals surface area contributed by atoms with Crippen LogP contribution in [0.5, 0.6) is 11.5 Å². The molecule has 2 aliphatic rings. The van der Waals surface area contributed by atoms with Crippen LogP contribution >= 0.6 is 0 Å². The van der Waals surface area contributed by atoms with E-state index in [1.165, 1.54) is 4.90 Å². The molecule has 47 heavy (non-hydrogen) atoms. The molecule has 2 aliphatic heterocycles. The Kier molecular flexibility index (Phi) is 7.37. The fourth-order valence-electron chi connectivity index (χ4n) is 7.06. The predicted molar refractivity (Wildman–Crippen MR) is 179 cm³/mol. The predicted octanol–water partition coefficient (Wildman–Crippen LogP) is 6.07. The highest BCUT2D eigenvalue weighted by molar-refractivity contribution is 6.00. The Bertz CT molecular complexity index is 2130. The number of ether oxygens (including phenoxy) is 2. The molecule has 0 spiro atoms. The molecule has 10 heteroatoms. The summed E-state index contributed by atoms with van der Waals surface area (Å²) in [6, 6.07) is 23.8. The fraction of sp³-hybridized carbons (Fsp3) is 0.270. The molecule has 238 valence electrons. The lowest BCUT2D eigenvalue weighted by Gasteiger charge is -2.33. The summed E-state index contributed by atoms with van der Waals surface area (Å²) in [6.45, 7) is 2.03. The molecule has 3 aromatic carbocycles. The molecule has 2 bridgehead atoms. The maximum absolute atomic E-state index is 14.4. The lowest BCUT2D eigenvalue weighted by molar-refractivity contribution is 0.0606. The molecule has 1 amide bonds. The maximum atomic E-state index is 14.4. The van der Waals surface area contributed by atoms with E-state index in [0.29, 0.717) is 43.1 Å². The summed E-state index contributed by atoms with van der Waals surface area (Å²) in [5, 5.41) is 1.05. The van der Waals surface area contributed by atoms with E-state index in [4.69, 9.17) is 20.2 Å². The van der Waals surface area contributed by atoms with Crippen LogP contribution in [0.3, 0.4) is 0 Å². The number of aromatic nitrogens is 4. The lowest BCUT2D eigenvalue weighted by atomic mass is 10.0. The molecule has 1 fully saturated rings. The van der Waals surface area contributed by atoms with Gasteiger partial charge in [-0.1, -0.05) is 36.4 Å². The van der Waals surface area contributed by atoms with Crippen molar-refractivity contribution < 1.29 is 18.7 Å². The monoisotopic (exact) mass is 630 g/mol. The number of fused-ring (bicyclic) bond motifs is 11. The number of rotatable bonds is 2. The van der Waals surface area contributed by atoms with Crippen LogP contribution in [0, 0.1) is 0 Å². The number of piperidine rings is 1. The molecule has 0 saturated carbocycles. The second kappa shape index (κ2) is 11.9. The number of carbonyl (C=O) groups excluding carboxylic acids is 1. The summed E-state index contributed by atoms with van der Waals surface area (Å²) in [6.07, 6.45) is 3.54. The Hall–Kier alpha value is -5.22. The molecule has 0 aliphatic carbocycles. The molecule has 9 nitrogen and oxygen atoms in total. The molecule has 1 saturated heterocycles. The van der Waals surface area contributed by atoms with Crippen LogP contribution in [0.4, 0.5) is 4.39 Å². The number of alkyl halides is 1. The van der Waals surface area contributed by atoms with Crippen molar-refractivity contribution in [3.63, 3.8) is 0 Å². The molecule has 8 rings (SSSR count). The number of pyridine rings is 1. The first-order valence-corrected chi connectivity index (χ1v) is 16.0. The van der Waals surface area contributed by atoms with E-state index in [-0.39, 0.29) is 18.9 Å². The Morgan fingerprint density at radius 2 is 1.94 bits per heavy atom. The maximum Gasteiger partial charge on any atom is 0.254 e. The second-order valence-corrected chi connectivity index (χ2v) is 12.4. The van der Waals surface area contributed by atoms with Crippen molar-refractivity contribution in [3.05, 3.63) is 96.3 Å². The minimum Gasteiger partial charge on any atom is -0.494 e. The van der Waals surface area contributed by atoms with Crippen LogP contribution in [0.15, 0.2) is 85.2 Å². The summed E-state index contributed by atoms with van der Waals surface area (Å²) < 4.78 is 31.2. The zero-order chi connectivity index (χ0) is 32.1. The number of hydrogen-bond donors (Lipinski definition) is 1. The molecule has 2 N–H and O–H groups in total. The van der Waals surface area contributed by atoms with Gasteiger partial charge in [0.1, 0.15) is 23.2 Å². The topological polar surface area (TPSA) is 100 Å². The van der Waals surface area contributed by atoms with Crippen LogP contribution in [0.1, 0.15) is 28.8 Å². The largest absolute Gasteiger partial charge is 0.494 e. The van der Waals surface area contributed by atoms with Gasteiger partial charge in [-0.2, -0.15) is 0 Å². The standard InChI is InChI=1S/C37H35FN6O3/c1-46-34-17-26(37(45)42-21-27(38)18-28(39)22-42)15-30-35(34)44-20-23-6-4-7-24(14-23)29-8-2-3-9-33(29)47-13-5-12-43-31(36(44)41-30)16-25-10-11-40-19-32(25)43/h2-4,6-11,14-17,19,27-28H,5,12-13,18,20-22,39H2,1H3/t27-,28-/m1/s1. The molecule has 3 aromatic heterocycles. The van der Waals surface area contributed by atoms with Gasteiger partial charge in [-0.25, -0.2) is 9.37 Å². The van der Waals surface area contributed by atoms with E-state index in [0.717, 1.165) is 56.8 Å². The highest BCUT2D eigenvalue weighted by atomic mass is 19.1. The Labute approximate surface area is 271 Å². The van der Waals surface area contributed by atoms with Gasteiger partial charge in [0.15, 0.2) is 5.82 Å². The van der Waals surface area contributed by atoms with Gasteiger partial charge in [0.25, 0.3) is 5.91 Å². The Morgan fingerprint density at radius 3 is 2.81 bits per heavy atom. The van der Waals surface area contributed by atoms with Crippen molar-refractivity contribution in [2.75, 3.05) is 26.8 Å². The molecular weight excluding hydrogens is 595 g/mol. The van der Waals surface area contributed by atoms with Crippen LogP contribution in [-0.2, 0) is 13.1 Å². The minimum absolute atomic E-state index is 0.0178. The number of nitrogens with two attached hydrogens (primary N) is 1. The second-order valence-electron chi connectivity index (χ2n) is 12.4. The number of hydrogen-bond acceptors (Lipinski definition) is 6. The minimum atomic E-state index is -1.15. The number of amides is 1. The quantitative estimate of drug-likeness (QED) is 0.249. The van der Waals surface area contributed by atoms with Gasteiger partial charge in [-0.15, -0.1) is 0 Å². The molecule has 5 heterocycles. The number of halogens is 1. The third-order valence-corrected chi connectivity index (χ3v) is 9.18. The van der Waals surface area contributed by atoms with Crippen LogP contribution < -0.4 is 15.2 Å². The van der Waals surface area contributed by atoms with Crippen molar-refractivity contribution in [3.8, 4) is 34.1 Å². The van der Waals surface area contributed by atoms with E-state index < -0.39 is 12.2 Å². The third kappa shape index (κ3) is 5.28. The number of para-hydroxylation sites is 1. The van der Waals surface area contributed by atoms with E-state index in [1.54, 1.807) is 25.4 Å². The molecule has 0 unspecified atom stereocenters. The number of imidazole rings is 1. The van der Waals surface area contributed by atoms with Crippen LogP contribution in [0.2, 0.25) is 0 Å². The highest BCUT2D eigenvalue weighted by Crippen LogP contribution is 2.37. The SMILES string of the molecule is COc1cc(C(=O)N2C[C@H](N)C[C@@H](F)C2)cc2nc3n(c12)Cc1cccc(c1)-c1ccccc1OCCCn1c-3cc2ccncc21. The Morgan fingerprint density at radius 1 is 1.04 bits per heavy atom. The van der Waals surface area contributed by atoms with Gasteiger partial charge in [0, 0.05) is 48.4 Å². The van der Waals surface area contributed by atoms with Crippen molar-refractivity contribution in [2.45, 2.75) is 38.1 Å². The summed E-state index contributed by atoms with van der Waals surface area (Å²) in [4.78, 5) is 24.8. The van der Waals surface area contributed by atoms with E-state index in [1.807, 2.05) is 30.5 Å². The van der Waals surface area contributed by atoms with E-state index in [2.05, 4.69) is 50.5 Å². The van der Waals surface area contributed by atoms with E-state index in [9.17, 15) is 9.18 Å². The van der Waals surface area contributed by atoms with Gasteiger partial charge in [0.05, 0.1) is 43.2 Å².